The molecule has 23 heavy (non-hydrogen) atoms. The van der Waals surface area contributed by atoms with Crippen molar-refractivity contribution in [3.63, 3.8) is 0 Å². The Labute approximate surface area is 148 Å². The summed E-state index contributed by atoms with van der Waals surface area (Å²) in [6, 6.07) is 15.8. The molecule has 0 aromatic heterocycles. The molecule has 0 spiro atoms. The fraction of sp³-hybridized carbons (Fsp3) is 0.222. The normalized spacial score (nSPS) is 19.9. The van der Waals surface area contributed by atoms with Gasteiger partial charge in [-0.1, -0.05) is 52.9 Å². The van der Waals surface area contributed by atoms with Gasteiger partial charge in [0.25, 0.3) is 6.47 Å². The van der Waals surface area contributed by atoms with Crippen LogP contribution >= 0.6 is 22.6 Å². The molecule has 1 aliphatic heterocycles. The predicted molar refractivity (Wildman–Crippen MR) is 97.7 cm³/mol. The van der Waals surface area contributed by atoms with E-state index in [9.17, 15) is 4.79 Å². The van der Waals surface area contributed by atoms with Gasteiger partial charge in [-0.05, 0) is 30.7 Å². The molecule has 2 aromatic rings. The van der Waals surface area contributed by atoms with E-state index in [4.69, 9.17) is 9.47 Å². The lowest BCUT2D eigenvalue weighted by Crippen LogP contribution is -2.33. The molecule has 5 heteroatoms. The standard InChI is InChI=1S/C18H16INO3/c1-13(23-12-21)18(19)11-20-17-8-7-15(9-16(17)18)22-10-14-5-3-2-4-6-14/h2-9,11-13H,10H2,1H3. The lowest BCUT2D eigenvalue weighted by atomic mass is 9.96. The predicted octanol–water partition coefficient (Wildman–Crippen LogP) is 4.17. The third kappa shape index (κ3) is 3.24. The molecular formula is C18H16INO3. The first-order valence-corrected chi connectivity index (χ1v) is 8.36. The lowest BCUT2D eigenvalue weighted by Gasteiger charge is -2.26. The van der Waals surface area contributed by atoms with Crippen LogP contribution in [-0.2, 0) is 19.6 Å². The maximum Gasteiger partial charge on any atom is 0.293 e. The summed E-state index contributed by atoms with van der Waals surface area (Å²) < 4.78 is 10.5. The van der Waals surface area contributed by atoms with Crippen molar-refractivity contribution >= 4 is 41.0 Å². The molecule has 1 aliphatic rings. The minimum atomic E-state index is -0.472. The number of ether oxygens (including phenoxy) is 2. The molecule has 2 aromatic carbocycles. The number of halogens is 1. The highest BCUT2D eigenvalue weighted by Crippen LogP contribution is 2.46. The summed E-state index contributed by atoms with van der Waals surface area (Å²) in [4.78, 5) is 15.1. The molecule has 0 radical (unpaired) electrons. The maximum atomic E-state index is 10.7. The van der Waals surface area contributed by atoms with Gasteiger partial charge in [-0.3, -0.25) is 9.79 Å². The van der Waals surface area contributed by atoms with E-state index < -0.39 is 3.42 Å². The number of hydrogen-bond acceptors (Lipinski definition) is 4. The van der Waals surface area contributed by atoms with Gasteiger partial charge in [-0.15, -0.1) is 0 Å². The zero-order valence-corrected chi connectivity index (χ0v) is 14.8. The third-order valence-electron chi connectivity index (χ3n) is 3.87. The van der Waals surface area contributed by atoms with Crippen molar-refractivity contribution in [3.05, 3.63) is 59.7 Å². The molecule has 0 saturated carbocycles. The first-order valence-electron chi connectivity index (χ1n) is 7.28. The zero-order valence-electron chi connectivity index (χ0n) is 12.6. The molecule has 0 saturated heterocycles. The van der Waals surface area contributed by atoms with E-state index >= 15 is 0 Å². The van der Waals surface area contributed by atoms with Gasteiger partial charge >= 0.3 is 0 Å². The second kappa shape index (κ2) is 6.70. The molecule has 3 rings (SSSR count). The fourth-order valence-corrected chi connectivity index (χ4v) is 3.22. The second-order valence-electron chi connectivity index (χ2n) is 5.35. The minimum Gasteiger partial charge on any atom is -0.489 e. The summed E-state index contributed by atoms with van der Waals surface area (Å²) in [5.74, 6) is 0.775. The van der Waals surface area contributed by atoms with E-state index in [-0.39, 0.29) is 6.10 Å². The molecule has 118 valence electrons. The van der Waals surface area contributed by atoms with Gasteiger partial charge in [0.1, 0.15) is 21.9 Å². The topological polar surface area (TPSA) is 47.9 Å². The van der Waals surface area contributed by atoms with Crippen molar-refractivity contribution in [2.24, 2.45) is 4.99 Å². The maximum absolute atomic E-state index is 10.7. The van der Waals surface area contributed by atoms with Crippen LogP contribution in [0.4, 0.5) is 5.69 Å². The summed E-state index contributed by atoms with van der Waals surface area (Å²) in [6.45, 7) is 2.85. The van der Waals surface area contributed by atoms with E-state index in [2.05, 4.69) is 27.6 Å². The smallest absolute Gasteiger partial charge is 0.293 e. The van der Waals surface area contributed by atoms with Crippen LogP contribution in [0.15, 0.2) is 53.5 Å². The summed E-state index contributed by atoms with van der Waals surface area (Å²) in [7, 11) is 0. The Bertz CT molecular complexity index is 732. The largest absolute Gasteiger partial charge is 0.489 e. The number of alkyl halides is 1. The van der Waals surface area contributed by atoms with Gasteiger partial charge in [0, 0.05) is 11.8 Å². The number of aliphatic imine (C=N–C) groups is 1. The average Bonchev–Trinajstić information content (AvgIpc) is 2.92. The number of benzene rings is 2. The molecule has 0 bridgehead atoms. The zero-order chi connectivity index (χ0) is 16.3. The summed E-state index contributed by atoms with van der Waals surface area (Å²) in [5, 5.41) is 0. The number of hydrogen-bond donors (Lipinski definition) is 0. The van der Waals surface area contributed by atoms with Crippen LogP contribution in [0.2, 0.25) is 0 Å². The molecular weight excluding hydrogens is 405 g/mol. The molecule has 4 nitrogen and oxygen atoms in total. The lowest BCUT2D eigenvalue weighted by molar-refractivity contribution is -0.133. The monoisotopic (exact) mass is 421 g/mol. The number of nitrogens with zero attached hydrogens (tertiary/aromatic N) is 1. The van der Waals surface area contributed by atoms with Crippen molar-refractivity contribution in [2.75, 3.05) is 0 Å². The molecule has 2 atom stereocenters. The molecule has 0 amide bonds. The van der Waals surface area contributed by atoms with Crippen molar-refractivity contribution < 1.29 is 14.3 Å². The van der Waals surface area contributed by atoms with Gasteiger partial charge in [-0.2, -0.15) is 0 Å². The highest BCUT2D eigenvalue weighted by molar-refractivity contribution is 14.1. The van der Waals surface area contributed by atoms with Crippen LogP contribution in [0, 0.1) is 0 Å². The molecule has 0 fully saturated rings. The van der Waals surface area contributed by atoms with Crippen LogP contribution in [0.5, 0.6) is 5.75 Å². The molecule has 1 heterocycles. The van der Waals surface area contributed by atoms with Crippen LogP contribution < -0.4 is 4.74 Å². The Balaban J connectivity index is 1.80. The molecule has 0 N–H and O–H groups in total. The van der Waals surface area contributed by atoms with E-state index in [0.717, 1.165) is 22.6 Å². The van der Waals surface area contributed by atoms with Gasteiger partial charge in [0.15, 0.2) is 0 Å². The molecule has 0 aliphatic carbocycles. The van der Waals surface area contributed by atoms with Crippen molar-refractivity contribution in [1.29, 1.82) is 0 Å². The Kier molecular flexibility index (Phi) is 4.66. The summed E-state index contributed by atoms with van der Waals surface area (Å²) in [5.41, 5.74) is 2.99. The summed E-state index contributed by atoms with van der Waals surface area (Å²) >= 11 is 2.27. The van der Waals surface area contributed by atoms with Crippen LogP contribution in [0.1, 0.15) is 18.1 Å². The molecule has 2 unspecified atom stereocenters. The SMILES string of the molecule is CC(OC=O)C1(I)C=Nc2ccc(OCc3ccccc3)cc21. The van der Waals surface area contributed by atoms with Crippen molar-refractivity contribution in [1.82, 2.24) is 0 Å². The van der Waals surface area contributed by atoms with Crippen LogP contribution in [0.25, 0.3) is 0 Å². The van der Waals surface area contributed by atoms with E-state index in [1.165, 1.54) is 0 Å². The van der Waals surface area contributed by atoms with Crippen molar-refractivity contribution in [3.8, 4) is 5.75 Å². The van der Waals surface area contributed by atoms with Gasteiger partial charge in [0.05, 0.1) is 5.69 Å². The average molecular weight is 421 g/mol. The van der Waals surface area contributed by atoms with E-state index in [1.807, 2.05) is 61.7 Å². The first kappa shape index (κ1) is 16.0. The minimum absolute atomic E-state index is 0.310. The Morgan fingerprint density at radius 3 is 2.78 bits per heavy atom. The summed E-state index contributed by atoms with van der Waals surface area (Å²) in [6.07, 6.45) is 1.52. The van der Waals surface area contributed by atoms with Gasteiger partial charge < -0.3 is 9.47 Å². The van der Waals surface area contributed by atoms with E-state index in [1.54, 1.807) is 0 Å². The number of carbonyl (C=O) groups is 1. The third-order valence-corrected chi connectivity index (χ3v) is 5.61. The van der Waals surface area contributed by atoms with Crippen LogP contribution in [0.3, 0.4) is 0 Å². The fourth-order valence-electron chi connectivity index (χ4n) is 2.50. The highest BCUT2D eigenvalue weighted by atomic mass is 127. The Hall–Kier alpha value is -1.89. The number of rotatable bonds is 6. The van der Waals surface area contributed by atoms with Crippen LogP contribution in [-0.4, -0.2) is 18.8 Å². The second-order valence-corrected chi connectivity index (χ2v) is 7.14. The number of carbonyl (C=O) groups excluding carboxylic acids is 1. The quantitative estimate of drug-likeness (QED) is 0.400. The van der Waals surface area contributed by atoms with Gasteiger partial charge in [-0.25, -0.2) is 0 Å². The van der Waals surface area contributed by atoms with Gasteiger partial charge in [0.2, 0.25) is 0 Å². The Morgan fingerprint density at radius 1 is 1.26 bits per heavy atom. The first-order chi connectivity index (χ1) is 11.1. The van der Waals surface area contributed by atoms with E-state index in [0.29, 0.717) is 13.1 Å². The number of fused-ring (bicyclic) bond motifs is 1. The highest BCUT2D eigenvalue weighted by Gasteiger charge is 2.40. The Morgan fingerprint density at radius 2 is 2.04 bits per heavy atom. The van der Waals surface area contributed by atoms with Crippen molar-refractivity contribution in [2.45, 2.75) is 23.1 Å².